The highest BCUT2D eigenvalue weighted by molar-refractivity contribution is 4.98. The topological polar surface area (TPSA) is 0 Å². The smallest absolute Gasteiger partial charge is 0.0263 e. The zero-order valence-corrected chi connectivity index (χ0v) is 6.48. The third kappa shape index (κ3) is 4.01. The minimum absolute atomic E-state index is 0.630. The summed E-state index contributed by atoms with van der Waals surface area (Å²) in [6, 6.07) is 0. The number of allylic oxidation sites excluding steroid dienone is 2. The first-order chi connectivity index (χ1) is 4.18. The molecule has 0 saturated heterocycles. The Hall–Kier alpha value is -0.520. The third-order valence-corrected chi connectivity index (χ3v) is 1.49. The van der Waals surface area contributed by atoms with E-state index < -0.39 is 0 Å². The zero-order chi connectivity index (χ0) is 7.28. The van der Waals surface area contributed by atoms with E-state index in [-0.39, 0.29) is 0 Å². The summed E-state index contributed by atoms with van der Waals surface area (Å²) in [4.78, 5) is 0. The van der Waals surface area contributed by atoms with Gasteiger partial charge in [0.25, 0.3) is 0 Å². The predicted molar refractivity (Wildman–Crippen MR) is 43.4 cm³/mol. The molecule has 0 rings (SSSR count). The minimum Gasteiger partial charge on any atom is -0.103 e. The van der Waals surface area contributed by atoms with Gasteiger partial charge >= 0.3 is 0 Å². The maximum Gasteiger partial charge on any atom is -0.0263 e. The van der Waals surface area contributed by atoms with Crippen molar-refractivity contribution in [3.05, 3.63) is 24.8 Å². The second kappa shape index (κ2) is 4.37. The highest BCUT2D eigenvalue weighted by Gasteiger charge is 1.96. The summed E-state index contributed by atoms with van der Waals surface area (Å²) < 4.78 is 0. The molecule has 0 unspecified atom stereocenters. The van der Waals surface area contributed by atoms with Gasteiger partial charge < -0.3 is 0 Å². The molecular weight excluding hydrogens is 108 g/mol. The fourth-order valence-electron chi connectivity index (χ4n) is 0.576. The number of rotatable bonds is 4. The van der Waals surface area contributed by atoms with Gasteiger partial charge in [0.15, 0.2) is 0 Å². The molecule has 0 fully saturated rings. The van der Waals surface area contributed by atoms with Crippen LogP contribution in [0.2, 0.25) is 0 Å². The van der Waals surface area contributed by atoms with Gasteiger partial charge in [0, 0.05) is 0 Å². The molecule has 0 aliphatic rings. The molecular formula is C9H16. The van der Waals surface area contributed by atoms with Crippen molar-refractivity contribution in [2.75, 3.05) is 0 Å². The fourth-order valence-corrected chi connectivity index (χ4v) is 0.576. The lowest BCUT2D eigenvalue weighted by Gasteiger charge is -2.05. The Morgan fingerprint density at radius 1 is 1.56 bits per heavy atom. The zero-order valence-electron chi connectivity index (χ0n) is 6.48. The van der Waals surface area contributed by atoms with E-state index in [4.69, 9.17) is 0 Å². The maximum atomic E-state index is 3.94. The van der Waals surface area contributed by atoms with E-state index in [1.54, 1.807) is 0 Å². The SMILES string of the molecule is C=CCCC(=C)C(C)C. The average Bonchev–Trinajstić information content (AvgIpc) is 1.82. The van der Waals surface area contributed by atoms with Crippen LogP contribution >= 0.6 is 0 Å². The number of hydrogen-bond acceptors (Lipinski definition) is 0. The Labute approximate surface area is 58.3 Å². The lowest BCUT2D eigenvalue weighted by Crippen LogP contribution is -1.90. The van der Waals surface area contributed by atoms with Crippen LogP contribution in [0.3, 0.4) is 0 Å². The number of hydrogen-bond donors (Lipinski definition) is 0. The Kier molecular flexibility index (Phi) is 4.12. The van der Waals surface area contributed by atoms with Crippen molar-refractivity contribution < 1.29 is 0 Å². The van der Waals surface area contributed by atoms with Crippen LogP contribution in [0.25, 0.3) is 0 Å². The van der Waals surface area contributed by atoms with Gasteiger partial charge in [0.1, 0.15) is 0 Å². The van der Waals surface area contributed by atoms with Crippen molar-refractivity contribution in [2.24, 2.45) is 5.92 Å². The Morgan fingerprint density at radius 2 is 2.11 bits per heavy atom. The van der Waals surface area contributed by atoms with E-state index in [9.17, 15) is 0 Å². The van der Waals surface area contributed by atoms with Gasteiger partial charge in [-0.3, -0.25) is 0 Å². The summed E-state index contributed by atoms with van der Waals surface area (Å²) in [5.41, 5.74) is 1.33. The lowest BCUT2D eigenvalue weighted by atomic mass is 10.0. The Balaban J connectivity index is 3.38. The van der Waals surface area contributed by atoms with E-state index >= 15 is 0 Å². The fraction of sp³-hybridized carbons (Fsp3) is 0.556. The quantitative estimate of drug-likeness (QED) is 0.505. The summed E-state index contributed by atoms with van der Waals surface area (Å²) in [7, 11) is 0. The van der Waals surface area contributed by atoms with Crippen molar-refractivity contribution in [1.29, 1.82) is 0 Å². The van der Waals surface area contributed by atoms with E-state index in [1.807, 2.05) is 6.08 Å². The normalized spacial score (nSPS) is 9.67. The molecule has 0 bridgehead atoms. The molecule has 0 aromatic heterocycles. The maximum absolute atomic E-state index is 3.94. The van der Waals surface area contributed by atoms with Crippen molar-refractivity contribution in [2.45, 2.75) is 26.7 Å². The summed E-state index contributed by atoms with van der Waals surface area (Å²) >= 11 is 0. The highest BCUT2D eigenvalue weighted by Crippen LogP contribution is 2.12. The van der Waals surface area contributed by atoms with Crippen molar-refractivity contribution in [3.63, 3.8) is 0 Å². The Morgan fingerprint density at radius 3 is 2.44 bits per heavy atom. The second-order valence-electron chi connectivity index (χ2n) is 2.64. The van der Waals surface area contributed by atoms with Crippen LogP contribution < -0.4 is 0 Å². The molecule has 0 aromatic carbocycles. The first-order valence-electron chi connectivity index (χ1n) is 3.47. The third-order valence-electron chi connectivity index (χ3n) is 1.49. The van der Waals surface area contributed by atoms with Crippen LogP contribution in [0.1, 0.15) is 26.7 Å². The Bertz CT molecular complexity index is 98.6. The molecule has 0 N–H and O–H groups in total. The molecule has 0 aromatic rings. The molecule has 52 valence electrons. The van der Waals surface area contributed by atoms with Crippen molar-refractivity contribution in [3.8, 4) is 0 Å². The van der Waals surface area contributed by atoms with Crippen molar-refractivity contribution in [1.82, 2.24) is 0 Å². The molecule has 0 radical (unpaired) electrons. The molecule has 0 aliphatic heterocycles. The van der Waals surface area contributed by atoms with E-state index in [0.717, 1.165) is 12.8 Å². The first kappa shape index (κ1) is 8.48. The first-order valence-corrected chi connectivity index (χ1v) is 3.47. The second-order valence-corrected chi connectivity index (χ2v) is 2.64. The largest absolute Gasteiger partial charge is 0.103 e. The van der Waals surface area contributed by atoms with Crippen LogP contribution in [0, 0.1) is 5.92 Å². The molecule has 0 atom stereocenters. The molecule has 0 saturated carbocycles. The van der Waals surface area contributed by atoms with Gasteiger partial charge in [-0.05, 0) is 18.8 Å². The van der Waals surface area contributed by atoms with E-state index in [2.05, 4.69) is 27.0 Å². The standard InChI is InChI=1S/C9H16/c1-5-6-7-9(4)8(2)3/h5,8H,1,4,6-7H2,2-3H3. The molecule has 0 amide bonds. The summed E-state index contributed by atoms with van der Waals surface area (Å²) in [6.07, 6.45) is 4.10. The predicted octanol–water partition coefficient (Wildman–Crippen LogP) is 3.16. The van der Waals surface area contributed by atoms with Crippen LogP contribution in [0.5, 0.6) is 0 Å². The van der Waals surface area contributed by atoms with Gasteiger partial charge in [-0.15, -0.1) is 6.58 Å². The monoisotopic (exact) mass is 124 g/mol. The van der Waals surface area contributed by atoms with Gasteiger partial charge in [0.05, 0.1) is 0 Å². The minimum atomic E-state index is 0.630. The molecule has 9 heavy (non-hydrogen) atoms. The van der Waals surface area contributed by atoms with Gasteiger partial charge in [-0.2, -0.15) is 0 Å². The van der Waals surface area contributed by atoms with Crippen molar-refractivity contribution >= 4 is 0 Å². The highest BCUT2D eigenvalue weighted by atomic mass is 14.0. The average molecular weight is 124 g/mol. The van der Waals surface area contributed by atoms with Gasteiger partial charge in [-0.25, -0.2) is 0 Å². The van der Waals surface area contributed by atoms with Gasteiger partial charge in [0.2, 0.25) is 0 Å². The lowest BCUT2D eigenvalue weighted by molar-refractivity contribution is 0.719. The van der Waals surface area contributed by atoms with Crippen LogP contribution in [0.4, 0.5) is 0 Å². The molecule has 0 heteroatoms. The van der Waals surface area contributed by atoms with Crippen LogP contribution in [-0.4, -0.2) is 0 Å². The molecule has 0 nitrogen and oxygen atoms in total. The summed E-state index contributed by atoms with van der Waals surface area (Å²) in [5, 5.41) is 0. The van der Waals surface area contributed by atoms with Crippen LogP contribution in [-0.2, 0) is 0 Å². The molecule has 0 aliphatic carbocycles. The summed E-state index contributed by atoms with van der Waals surface area (Å²) in [6.45, 7) is 11.9. The molecule has 0 spiro atoms. The summed E-state index contributed by atoms with van der Waals surface area (Å²) in [5.74, 6) is 0.630. The van der Waals surface area contributed by atoms with E-state index in [1.165, 1.54) is 5.57 Å². The molecule has 0 heterocycles. The van der Waals surface area contributed by atoms with Gasteiger partial charge in [-0.1, -0.05) is 32.1 Å². The van der Waals surface area contributed by atoms with E-state index in [0.29, 0.717) is 5.92 Å². The van der Waals surface area contributed by atoms with Crippen LogP contribution in [0.15, 0.2) is 24.8 Å².